The van der Waals surface area contributed by atoms with Crippen LogP contribution in [0.2, 0.25) is 0 Å². The maximum atomic E-state index is 13.1. The Morgan fingerprint density at radius 1 is 1.14 bits per heavy atom. The third-order valence-corrected chi connectivity index (χ3v) is 4.86. The Kier molecular flexibility index (Phi) is 4.66. The number of hydrogen-bond acceptors (Lipinski definition) is 5. The van der Waals surface area contributed by atoms with Gasteiger partial charge in [-0.3, -0.25) is 4.79 Å². The number of carbonyl (C=O) groups excluding carboxylic acids is 1. The minimum absolute atomic E-state index is 0.0537. The average Bonchev–Trinajstić information content (AvgIpc) is 3.10. The Labute approximate surface area is 157 Å². The Balaban J connectivity index is 1.54. The predicted octanol–water partition coefficient (Wildman–Crippen LogP) is 2.25. The topological polar surface area (TPSA) is 58.6 Å². The molecule has 6 nitrogen and oxygen atoms in total. The van der Waals surface area contributed by atoms with Crippen LogP contribution in [0.15, 0.2) is 36.5 Å². The van der Waals surface area contributed by atoms with Gasteiger partial charge in [0, 0.05) is 25.8 Å². The molecule has 10 heteroatoms. The van der Waals surface area contributed by atoms with Gasteiger partial charge < -0.3 is 14.5 Å². The summed E-state index contributed by atoms with van der Waals surface area (Å²) < 4.78 is 57.5. The van der Waals surface area contributed by atoms with Crippen molar-refractivity contribution < 1.29 is 27.1 Å². The fourth-order valence-electron chi connectivity index (χ4n) is 3.48. The van der Waals surface area contributed by atoms with E-state index in [-0.39, 0.29) is 56.1 Å². The number of morpholine rings is 1. The van der Waals surface area contributed by atoms with Crippen molar-refractivity contribution in [1.82, 2.24) is 14.9 Å². The number of amides is 1. The number of nitrogens with zero attached hydrogens (tertiary/aromatic N) is 4. The number of aromatic nitrogens is 2. The van der Waals surface area contributed by atoms with Crippen molar-refractivity contribution in [2.75, 3.05) is 24.6 Å². The van der Waals surface area contributed by atoms with Crippen LogP contribution >= 0.6 is 0 Å². The SMILES string of the molecule is O=C1CO[C@H]2CN(c3nccc(C(F)(F)F)n3)C[C@H]2N1Cc1ccc(F)cc1. The summed E-state index contributed by atoms with van der Waals surface area (Å²) in [4.78, 5) is 23.1. The average molecular weight is 396 g/mol. The quantitative estimate of drug-likeness (QED) is 0.745. The summed E-state index contributed by atoms with van der Waals surface area (Å²) in [6.07, 6.45) is -3.86. The number of anilines is 1. The van der Waals surface area contributed by atoms with Crippen molar-refractivity contribution in [3.63, 3.8) is 0 Å². The Morgan fingerprint density at radius 3 is 2.61 bits per heavy atom. The van der Waals surface area contributed by atoms with Crippen molar-refractivity contribution in [1.29, 1.82) is 0 Å². The molecule has 0 aliphatic carbocycles. The minimum atomic E-state index is -4.56. The summed E-state index contributed by atoms with van der Waals surface area (Å²) >= 11 is 0. The monoisotopic (exact) mass is 396 g/mol. The fraction of sp³-hybridized carbons (Fsp3) is 0.389. The van der Waals surface area contributed by atoms with Crippen molar-refractivity contribution in [2.24, 2.45) is 0 Å². The number of benzene rings is 1. The van der Waals surface area contributed by atoms with Crippen LogP contribution < -0.4 is 4.90 Å². The number of halogens is 4. The number of alkyl halides is 3. The molecule has 28 heavy (non-hydrogen) atoms. The van der Waals surface area contributed by atoms with Gasteiger partial charge in [-0.25, -0.2) is 14.4 Å². The van der Waals surface area contributed by atoms with Gasteiger partial charge in [-0.1, -0.05) is 12.1 Å². The number of hydrogen-bond donors (Lipinski definition) is 0. The van der Waals surface area contributed by atoms with E-state index in [1.165, 1.54) is 12.1 Å². The van der Waals surface area contributed by atoms with Crippen LogP contribution in [0.25, 0.3) is 0 Å². The number of fused-ring (bicyclic) bond motifs is 1. The second-order valence-corrected chi connectivity index (χ2v) is 6.71. The van der Waals surface area contributed by atoms with Gasteiger partial charge >= 0.3 is 6.18 Å². The normalized spacial score (nSPS) is 22.5. The lowest BCUT2D eigenvalue weighted by atomic mass is 10.1. The zero-order valence-corrected chi connectivity index (χ0v) is 14.6. The van der Waals surface area contributed by atoms with Crippen LogP contribution in [0.1, 0.15) is 11.3 Å². The third-order valence-electron chi connectivity index (χ3n) is 4.86. The smallest absolute Gasteiger partial charge is 0.364 e. The highest BCUT2D eigenvalue weighted by molar-refractivity contribution is 5.79. The molecule has 0 N–H and O–H groups in total. The molecule has 1 aromatic carbocycles. The molecule has 2 atom stereocenters. The van der Waals surface area contributed by atoms with E-state index in [4.69, 9.17) is 4.74 Å². The van der Waals surface area contributed by atoms with Crippen LogP contribution in [0.5, 0.6) is 0 Å². The van der Waals surface area contributed by atoms with E-state index in [2.05, 4.69) is 9.97 Å². The van der Waals surface area contributed by atoms with E-state index in [1.807, 2.05) is 0 Å². The summed E-state index contributed by atoms with van der Waals surface area (Å²) in [6, 6.07) is 6.27. The molecule has 2 aliphatic rings. The Morgan fingerprint density at radius 2 is 1.89 bits per heavy atom. The van der Waals surface area contributed by atoms with E-state index in [0.717, 1.165) is 17.8 Å². The van der Waals surface area contributed by atoms with Gasteiger partial charge in [0.25, 0.3) is 0 Å². The molecule has 0 unspecified atom stereocenters. The maximum absolute atomic E-state index is 13.1. The molecule has 0 bridgehead atoms. The van der Waals surface area contributed by atoms with Crippen LogP contribution in [0.4, 0.5) is 23.5 Å². The Bertz CT molecular complexity index is 875. The highest BCUT2D eigenvalue weighted by Crippen LogP contribution is 2.31. The molecule has 4 rings (SSSR count). The lowest BCUT2D eigenvalue weighted by Gasteiger charge is -2.36. The van der Waals surface area contributed by atoms with Crippen molar-refractivity contribution in [2.45, 2.75) is 24.9 Å². The standard InChI is InChI=1S/C18H16F4N4O2/c19-12-3-1-11(2-4-12)7-26-13-8-25(9-14(13)28-10-16(26)27)17-23-6-5-15(24-17)18(20,21)22/h1-6,13-14H,7-10H2/t13-,14+/m1/s1. The first-order chi connectivity index (χ1) is 13.3. The van der Waals surface area contributed by atoms with Gasteiger partial charge in [-0.05, 0) is 23.8 Å². The first-order valence-electron chi connectivity index (χ1n) is 8.62. The van der Waals surface area contributed by atoms with E-state index in [1.54, 1.807) is 21.9 Å². The van der Waals surface area contributed by atoms with Gasteiger partial charge in [-0.15, -0.1) is 0 Å². The molecular formula is C18H16F4N4O2. The minimum Gasteiger partial charge on any atom is -0.364 e. The van der Waals surface area contributed by atoms with Crippen molar-refractivity contribution in [3.05, 3.63) is 53.6 Å². The number of carbonyl (C=O) groups is 1. The summed E-state index contributed by atoms with van der Waals surface area (Å²) in [5, 5.41) is 0. The fourth-order valence-corrected chi connectivity index (χ4v) is 3.48. The molecule has 2 aliphatic heterocycles. The van der Waals surface area contributed by atoms with Crippen LogP contribution in [-0.4, -0.2) is 52.6 Å². The molecule has 2 saturated heterocycles. The molecule has 3 heterocycles. The maximum Gasteiger partial charge on any atom is 0.433 e. The molecule has 1 amide bonds. The van der Waals surface area contributed by atoms with E-state index in [0.29, 0.717) is 0 Å². The molecule has 0 saturated carbocycles. The molecule has 2 fully saturated rings. The zero-order valence-electron chi connectivity index (χ0n) is 14.6. The summed E-state index contributed by atoms with van der Waals surface area (Å²) in [5.74, 6) is -0.650. The molecule has 0 radical (unpaired) electrons. The highest BCUT2D eigenvalue weighted by Gasteiger charge is 2.44. The second kappa shape index (κ2) is 7.01. The Hall–Kier alpha value is -2.75. The van der Waals surface area contributed by atoms with E-state index < -0.39 is 11.9 Å². The first kappa shape index (κ1) is 18.6. The molecule has 1 aromatic heterocycles. The molecule has 148 valence electrons. The lowest BCUT2D eigenvalue weighted by molar-refractivity contribution is -0.153. The zero-order chi connectivity index (χ0) is 19.9. The van der Waals surface area contributed by atoms with Crippen molar-refractivity contribution >= 4 is 11.9 Å². The van der Waals surface area contributed by atoms with Crippen molar-refractivity contribution in [3.8, 4) is 0 Å². The molecular weight excluding hydrogens is 380 g/mol. The van der Waals surface area contributed by atoms with Gasteiger partial charge in [0.1, 0.15) is 18.1 Å². The highest BCUT2D eigenvalue weighted by atomic mass is 19.4. The number of ether oxygens (including phenoxy) is 1. The van der Waals surface area contributed by atoms with Crippen LogP contribution in [-0.2, 0) is 22.3 Å². The van der Waals surface area contributed by atoms with Gasteiger partial charge in [0.15, 0.2) is 0 Å². The summed E-state index contributed by atoms with van der Waals surface area (Å²) in [7, 11) is 0. The van der Waals surface area contributed by atoms with Gasteiger partial charge in [-0.2, -0.15) is 13.2 Å². The van der Waals surface area contributed by atoms with E-state index >= 15 is 0 Å². The largest absolute Gasteiger partial charge is 0.433 e. The molecule has 2 aromatic rings. The first-order valence-corrected chi connectivity index (χ1v) is 8.62. The van der Waals surface area contributed by atoms with Gasteiger partial charge in [0.05, 0.1) is 12.1 Å². The number of rotatable bonds is 3. The summed E-state index contributed by atoms with van der Waals surface area (Å²) in [5.41, 5.74) is -0.267. The van der Waals surface area contributed by atoms with Gasteiger partial charge in [0.2, 0.25) is 11.9 Å². The second-order valence-electron chi connectivity index (χ2n) is 6.71. The lowest BCUT2D eigenvalue weighted by Crippen LogP contribution is -2.53. The molecule has 0 spiro atoms. The van der Waals surface area contributed by atoms with E-state index in [9.17, 15) is 22.4 Å². The van der Waals surface area contributed by atoms with Crippen LogP contribution in [0.3, 0.4) is 0 Å². The third kappa shape index (κ3) is 3.64. The van der Waals surface area contributed by atoms with Crippen LogP contribution in [0, 0.1) is 5.82 Å². The predicted molar refractivity (Wildman–Crippen MR) is 89.7 cm³/mol. The summed E-state index contributed by atoms with van der Waals surface area (Å²) in [6.45, 7) is 0.679.